The summed E-state index contributed by atoms with van der Waals surface area (Å²) in [5.41, 5.74) is 1.61. The number of esters is 1. The number of halogens is 1. The minimum Gasteiger partial charge on any atom is -0.453 e. The first-order chi connectivity index (χ1) is 18.8. The van der Waals surface area contributed by atoms with Crippen LogP contribution in [0.15, 0.2) is 50.0 Å². The van der Waals surface area contributed by atoms with Crippen molar-refractivity contribution in [3.63, 3.8) is 0 Å². The van der Waals surface area contributed by atoms with E-state index < -0.39 is 11.8 Å². The smallest absolute Gasteiger partial charge is 0.453 e. The summed E-state index contributed by atoms with van der Waals surface area (Å²) in [6.45, 7) is 5.57. The van der Waals surface area contributed by atoms with E-state index in [0.29, 0.717) is 16.5 Å². The van der Waals surface area contributed by atoms with E-state index in [4.69, 9.17) is 13.6 Å². The van der Waals surface area contributed by atoms with Crippen molar-refractivity contribution in [2.24, 2.45) is 11.8 Å². The fourth-order valence-electron chi connectivity index (χ4n) is 5.71. The molecule has 2 fully saturated rings. The van der Waals surface area contributed by atoms with E-state index in [9.17, 15) is 14.4 Å². The standard InChI is InChI=1S/C30H36N2O6S.ClH/c1-19-9-11-22(12-10-19)28(33)32(23-13-15-31(3)16-14-23)24-17-26(21-7-5-4-6-8-21)39-27(24)29(34)36-18-25-20(2)37-30(35)38-25;/h4-8,17,19,22-23H,9-16,18H2,1-3H3;1H/p+1. The molecule has 3 aromatic rings. The Kier molecular flexibility index (Phi) is 9.92. The molecule has 0 bridgehead atoms. The van der Waals surface area contributed by atoms with Crippen LogP contribution in [0.4, 0.5) is 5.69 Å². The van der Waals surface area contributed by atoms with Crippen LogP contribution in [0.25, 0.3) is 10.4 Å². The van der Waals surface area contributed by atoms with Gasteiger partial charge in [-0.15, -0.1) is 23.7 Å². The van der Waals surface area contributed by atoms with E-state index in [1.54, 1.807) is 6.92 Å². The Labute approximate surface area is 244 Å². The number of amides is 1. The predicted octanol–water partition coefficient (Wildman–Crippen LogP) is 4.88. The Balaban J connectivity index is 0.00000370. The summed E-state index contributed by atoms with van der Waals surface area (Å²) in [6.07, 6.45) is 5.61. The zero-order valence-electron chi connectivity index (χ0n) is 23.3. The first kappa shape index (κ1) is 30.1. The highest BCUT2D eigenvalue weighted by Gasteiger charge is 2.38. The number of thiophene rings is 1. The van der Waals surface area contributed by atoms with E-state index in [1.165, 1.54) is 16.2 Å². The third kappa shape index (κ3) is 6.70. The summed E-state index contributed by atoms with van der Waals surface area (Å²) in [7, 11) is 2.18. The van der Waals surface area contributed by atoms with Gasteiger partial charge in [-0.1, -0.05) is 37.3 Å². The Morgan fingerprint density at radius 1 is 1.05 bits per heavy atom. The normalized spacial score (nSPS) is 22.8. The van der Waals surface area contributed by atoms with Gasteiger partial charge in [-0.2, -0.15) is 0 Å². The molecule has 1 aliphatic heterocycles. The number of nitrogens with one attached hydrogen (secondary N) is 1. The van der Waals surface area contributed by atoms with E-state index in [-0.39, 0.29) is 48.4 Å². The number of nitrogens with zero attached hydrogens (tertiary/aromatic N) is 1. The zero-order valence-corrected chi connectivity index (χ0v) is 24.9. The highest BCUT2D eigenvalue weighted by Crippen LogP contribution is 2.41. The van der Waals surface area contributed by atoms with Gasteiger partial charge in [0, 0.05) is 29.7 Å². The molecule has 1 amide bonds. The molecule has 3 heterocycles. The molecule has 216 valence electrons. The number of carbonyl (C=O) groups is 2. The lowest BCUT2D eigenvalue weighted by atomic mass is 9.82. The van der Waals surface area contributed by atoms with Crippen LogP contribution in [0, 0.1) is 18.8 Å². The molecule has 1 aliphatic carbocycles. The highest BCUT2D eigenvalue weighted by atomic mass is 35.5. The van der Waals surface area contributed by atoms with Gasteiger partial charge < -0.3 is 23.4 Å². The van der Waals surface area contributed by atoms with E-state index in [1.807, 2.05) is 41.3 Å². The van der Waals surface area contributed by atoms with Crippen LogP contribution in [0.1, 0.15) is 66.6 Å². The number of hydrogen-bond donors (Lipinski definition) is 1. The Bertz CT molecular complexity index is 1350. The number of piperidine rings is 1. The molecule has 0 radical (unpaired) electrons. The van der Waals surface area contributed by atoms with Crippen molar-refractivity contribution in [2.45, 2.75) is 65.0 Å². The number of hydrogen-bond acceptors (Lipinski definition) is 7. The molecule has 0 atom stereocenters. The topological polar surface area (TPSA) is 94.4 Å². The van der Waals surface area contributed by atoms with Gasteiger partial charge in [0.05, 0.1) is 25.8 Å². The average molecular weight is 590 g/mol. The second-order valence-electron chi connectivity index (χ2n) is 11.1. The van der Waals surface area contributed by atoms with Crippen LogP contribution < -0.4 is 15.6 Å². The molecule has 2 aliphatic rings. The molecular weight excluding hydrogens is 552 g/mol. The van der Waals surface area contributed by atoms with E-state index in [0.717, 1.165) is 62.1 Å². The van der Waals surface area contributed by atoms with Crippen molar-refractivity contribution in [3.05, 3.63) is 63.4 Å². The van der Waals surface area contributed by atoms with Gasteiger partial charge in [-0.3, -0.25) is 4.79 Å². The third-order valence-corrected chi connectivity index (χ3v) is 9.32. The summed E-state index contributed by atoms with van der Waals surface area (Å²) in [5, 5.41) is 0. The number of anilines is 1. The van der Waals surface area contributed by atoms with Crippen molar-refractivity contribution in [2.75, 3.05) is 25.0 Å². The summed E-state index contributed by atoms with van der Waals surface area (Å²) in [5.74, 6) is -0.204. The molecule has 0 unspecified atom stereocenters. The highest BCUT2D eigenvalue weighted by molar-refractivity contribution is 7.18. The first-order valence-electron chi connectivity index (χ1n) is 13.9. The molecule has 5 rings (SSSR count). The van der Waals surface area contributed by atoms with Gasteiger partial charge >= 0.3 is 11.8 Å². The maximum absolute atomic E-state index is 14.2. The van der Waals surface area contributed by atoms with Crippen molar-refractivity contribution in [1.82, 2.24) is 0 Å². The average Bonchev–Trinajstić information content (AvgIpc) is 3.52. The van der Waals surface area contributed by atoms with Crippen LogP contribution in [0.3, 0.4) is 0 Å². The largest absolute Gasteiger partial charge is 0.519 e. The number of benzene rings is 1. The zero-order chi connectivity index (χ0) is 27.5. The fraction of sp³-hybridized carbons (Fsp3) is 0.500. The molecule has 10 heteroatoms. The molecule has 1 saturated heterocycles. The van der Waals surface area contributed by atoms with E-state index in [2.05, 4.69) is 14.0 Å². The maximum Gasteiger partial charge on any atom is 0.519 e. The van der Waals surface area contributed by atoms with Crippen LogP contribution >= 0.6 is 23.7 Å². The summed E-state index contributed by atoms with van der Waals surface area (Å²) in [4.78, 5) is 44.0. The lowest BCUT2D eigenvalue weighted by Crippen LogP contribution is -3.10. The van der Waals surface area contributed by atoms with Gasteiger partial charge in [0.15, 0.2) is 18.1 Å². The van der Waals surface area contributed by atoms with Gasteiger partial charge in [-0.25, -0.2) is 9.59 Å². The Morgan fingerprint density at radius 3 is 2.35 bits per heavy atom. The van der Waals surface area contributed by atoms with Crippen LogP contribution in [-0.4, -0.2) is 38.1 Å². The number of aryl methyl sites for hydroxylation is 1. The van der Waals surface area contributed by atoms with Gasteiger partial charge in [0.1, 0.15) is 4.88 Å². The van der Waals surface area contributed by atoms with Gasteiger partial charge in [-0.05, 0) is 50.2 Å². The summed E-state index contributed by atoms with van der Waals surface area (Å²) >= 11 is 1.33. The van der Waals surface area contributed by atoms with Gasteiger partial charge in [0.25, 0.3) is 0 Å². The Morgan fingerprint density at radius 2 is 1.73 bits per heavy atom. The second kappa shape index (κ2) is 13.2. The van der Waals surface area contributed by atoms with Crippen LogP contribution in [0.5, 0.6) is 0 Å². The SMILES string of the molecule is Cc1oc(=O)oc1COC(=O)c1sc(-c2ccccc2)cc1N(C(=O)C1CCC(C)CC1)C1CC[NH+](C)CC1.Cl. The molecule has 8 nitrogen and oxygen atoms in total. The van der Waals surface area contributed by atoms with Crippen molar-refractivity contribution in [3.8, 4) is 10.4 Å². The molecular formula is C30H38ClN2O6S+. The number of carbonyl (C=O) groups excluding carboxylic acids is 2. The monoisotopic (exact) mass is 589 g/mol. The van der Waals surface area contributed by atoms with Crippen molar-refractivity contribution >= 4 is 41.3 Å². The summed E-state index contributed by atoms with van der Waals surface area (Å²) in [6, 6.07) is 11.9. The molecule has 40 heavy (non-hydrogen) atoms. The van der Waals surface area contributed by atoms with E-state index >= 15 is 0 Å². The molecule has 1 aromatic carbocycles. The van der Waals surface area contributed by atoms with Crippen molar-refractivity contribution < 1.29 is 28.1 Å². The molecule has 0 spiro atoms. The Hall–Kier alpha value is -2.88. The number of ether oxygens (including phenoxy) is 1. The summed E-state index contributed by atoms with van der Waals surface area (Å²) < 4.78 is 15.6. The lowest BCUT2D eigenvalue weighted by molar-refractivity contribution is -0.884. The van der Waals surface area contributed by atoms with Gasteiger partial charge in [0.2, 0.25) is 5.91 Å². The molecule has 1 N–H and O–H groups in total. The maximum atomic E-state index is 14.2. The molecule has 2 aromatic heterocycles. The first-order valence-corrected chi connectivity index (χ1v) is 14.7. The number of rotatable bonds is 7. The molecule has 1 saturated carbocycles. The number of likely N-dealkylation sites (tertiary alicyclic amines) is 1. The minimum atomic E-state index is -0.829. The number of quaternary nitrogens is 1. The lowest BCUT2D eigenvalue weighted by Gasteiger charge is -2.38. The minimum absolute atomic E-state index is 0. The van der Waals surface area contributed by atoms with Crippen molar-refractivity contribution in [1.29, 1.82) is 0 Å². The quantitative estimate of drug-likeness (QED) is 0.395. The third-order valence-electron chi connectivity index (χ3n) is 8.16. The predicted molar refractivity (Wildman–Crippen MR) is 156 cm³/mol. The van der Waals surface area contributed by atoms with Crippen LogP contribution in [-0.2, 0) is 16.1 Å². The second-order valence-corrected chi connectivity index (χ2v) is 12.1. The van der Waals surface area contributed by atoms with Crippen LogP contribution in [0.2, 0.25) is 0 Å². The fourth-order valence-corrected chi connectivity index (χ4v) is 6.76.